The highest BCUT2D eigenvalue weighted by Crippen LogP contribution is 2.21. The Morgan fingerprint density at radius 1 is 0.972 bits per heavy atom. The molecular weight excluding hydrogens is 492 g/mol. The van der Waals surface area contributed by atoms with Crippen molar-refractivity contribution in [2.75, 3.05) is 13.2 Å². The van der Waals surface area contributed by atoms with Gasteiger partial charge in [-0.25, -0.2) is 14.6 Å². The summed E-state index contributed by atoms with van der Waals surface area (Å²) < 4.78 is 5.71. The number of carboxylic acid groups (broad SMARTS) is 2. The van der Waals surface area contributed by atoms with Gasteiger partial charge in [0, 0.05) is 23.7 Å². The zero-order valence-electron chi connectivity index (χ0n) is 19.1. The van der Waals surface area contributed by atoms with Crippen LogP contribution in [0.4, 0.5) is 0 Å². The quantitative estimate of drug-likeness (QED) is 0.219. The number of aliphatic hydroxyl groups is 3. The maximum absolute atomic E-state index is 10.3. The van der Waals surface area contributed by atoms with Crippen LogP contribution < -0.4 is 10.1 Å². The summed E-state index contributed by atoms with van der Waals surface area (Å²) in [5, 5.41) is 47.7. The number of pyridine rings is 1. The van der Waals surface area contributed by atoms with Crippen molar-refractivity contribution in [2.24, 2.45) is 0 Å². The van der Waals surface area contributed by atoms with Crippen LogP contribution >= 0.6 is 11.6 Å². The van der Waals surface area contributed by atoms with Gasteiger partial charge in [-0.2, -0.15) is 0 Å². The van der Waals surface area contributed by atoms with Gasteiger partial charge < -0.3 is 35.6 Å². The Bertz CT molecular complexity index is 1120. The van der Waals surface area contributed by atoms with Crippen molar-refractivity contribution < 1.29 is 39.9 Å². The lowest BCUT2D eigenvalue weighted by atomic mass is 10.1. The van der Waals surface area contributed by atoms with E-state index in [1.807, 2.05) is 30.3 Å². The standard InChI is InChI=1S/C23H25ClN2O4.C2H2O4/c24-18-4-1-3-17(12-18)22(29)13-25-20(15-28)11-16-7-9-21(10-8-16)30-23-6-2-5-19(14-27)26-23;3-1(4)2(5)6/h1-10,12,20,22,25,27-29H,11,13-15H2;(H,3,4)(H,5,6)/t20-,22-;/m0./s1. The molecule has 36 heavy (non-hydrogen) atoms. The van der Waals surface area contributed by atoms with E-state index < -0.39 is 18.0 Å². The van der Waals surface area contributed by atoms with E-state index in [9.17, 15) is 10.2 Å². The minimum absolute atomic E-state index is 0.0572. The second-order valence-corrected chi connectivity index (χ2v) is 7.98. The molecular formula is C25H27ClN2O8. The van der Waals surface area contributed by atoms with Gasteiger partial charge in [-0.05, 0) is 47.9 Å². The maximum Gasteiger partial charge on any atom is 0.414 e. The first kappa shape index (κ1) is 28.7. The number of rotatable bonds is 10. The molecule has 2 aromatic carbocycles. The van der Waals surface area contributed by atoms with Crippen molar-refractivity contribution in [1.29, 1.82) is 0 Å². The molecule has 0 amide bonds. The van der Waals surface area contributed by atoms with E-state index in [1.165, 1.54) is 0 Å². The van der Waals surface area contributed by atoms with Gasteiger partial charge in [0.15, 0.2) is 0 Å². The summed E-state index contributed by atoms with van der Waals surface area (Å²) in [4.78, 5) is 22.4. The van der Waals surface area contributed by atoms with Crippen molar-refractivity contribution in [2.45, 2.75) is 25.2 Å². The second-order valence-electron chi connectivity index (χ2n) is 7.54. The molecule has 0 saturated heterocycles. The summed E-state index contributed by atoms with van der Waals surface area (Å²) in [6.07, 6.45) is -0.118. The van der Waals surface area contributed by atoms with Gasteiger partial charge in [-0.15, -0.1) is 0 Å². The SMILES string of the molecule is O=C(O)C(=O)O.OCc1cccc(Oc2ccc(C[C@@H](CO)NC[C@H](O)c3cccc(Cl)c3)cc2)n1. The van der Waals surface area contributed by atoms with E-state index in [0.29, 0.717) is 35.3 Å². The van der Waals surface area contributed by atoms with Crippen LogP contribution in [-0.2, 0) is 22.6 Å². The third kappa shape index (κ3) is 9.98. The van der Waals surface area contributed by atoms with E-state index in [0.717, 1.165) is 11.1 Å². The van der Waals surface area contributed by atoms with E-state index in [-0.39, 0.29) is 19.3 Å². The molecule has 0 radical (unpaired) electrons. The van der Waals surface area contributed by atoms with Gasteiger partial charge in [-0.3, -0.25) is 0 Å². The smallest absolute Gasteiger partial charge is 0.414 e. The zero-order valence-corrected chi connectivity index (χ0v) is 19.9. The van der Waals surface area contributed by atoms with Crippen LogP contribution in [0, 0.1) is 0 Å². The Balaban J connectivity index is 0.000000678. The molecule has 11 heteroatoms. The van der Waals surface area contributed by atoms with Crippen LogP contribution in [0.2, 0.25) is 5.02 Å². The molecule has 0 unspecified atom stereocenters. The fourth-order valence-corrected chi connectivity index (χ4v) is 3.21. The summed E-state index contributed by atoms with van der Waals surface area (Å²) in [6, 6.07) is 19.6. The Morgan fingerprint density at radius 3 is 2.22 bits per heavy atom. The Hall–Kier alpha value is -3.54. The minimum Gasteiger partial charge on any atom is -0.473 e. The fourth-order valence-electron chi connectivity index (χ4n) is 3.01. The number of aromatic nitrogens is 1. The molecule has 0 aliphatic heterocycles. The van der Waals surface area contributed by atoms with E-state index >= 15 is 0 Å². The molecule has 0 aliphatic rings. The largest absolute Gasteiger partial charge is 0.473 e. The summed E-state index contributed by atoms with van der Waals surface area (Å²) >= 11 is 5.97. The Kier molecular flexibility index (Phi) is 11.8. The summed E-state index contributed by atoms with van der Waals surface area (Å²) in [7, 11) is 0. The normalized spacial score (nSPS) is 12.1. The van der Waals surface area contributed by atoms with Crippen LogP contribution in [0.3, 0.4) is 0 Å². The molecule has 0 bridgehead atoms. The van der Waals surface area contributed by atoms with Crippen LogP contribution in [0.15, 0.2) is 66.7 Å². The molecule has 1 heterocycles. The highest BCUT2D eigenvalue weighted by Gasteiger charge is 2.13. The molecule has 0 aliphatic carbocycles. The molecule has 6 N–H and O–H groups in total. The third-order valence-electron chi connectivity index (χ3n) is 4.81. The van der Waals surface area contributed by atoms with Gasteiger partial charge in [0.2, 0.25) is 5.88 Å². The molecule has 0 saturated carbocycles. The lowest BCUT2D eigenvalue weighted by molar-refractivity contribution is -0.159. The average Bonchev–Trinajstić information content (AvgIpc) is 2.87. The number of aliphatic carboxylic acids is 2. The van der Waals surface area contributed by atoms with Crippen LogP contribution in [-0.4, -0.2) is 61.6 Å². The molecule has 3 aromatic rings. The first-order valence-electron chi connectivity index (χ1n) is 10.8. The number of ether oxygens (including phenoxy) is 1. The predicted molar refractivity (Wildman–Crippen MR) is 131 cm³/mol. The van der Waals surface area contributed by atoms with Gasteiger partial charge in [0.25, 0.3) is 0 Å². The van der Waals surface area contributed by atoms with Crippen molar-refractivity contribution in [3.63, 3.8) is 0 Å². The lowest BCUT2D eigenvalue weighted by Crippen LogP contribution is -2.37. The second kappa shape index (κ2) is 14.8. The lowest BCUT2D eigenvalue weighted by Gasteiger charge is -2.19. The van der Waals surface area contributed by atoms with Crippen molar-refractivity contribution in [3.05, 3.63) is 88.6 Å². The minimum atomic E-state index is -1.82. The summed E-state index contributed by atoms with van der Waals surface area (Å²) in [6.45, 7) is 0.107. The molecule has 0 fully saturated rings. The first-order valence-corrected chi connectivity index (χ1v) is 11.2. The maximum atomic E-state index is 10.3. The molecule has 1 aromatic heterocycles. The molecule has 10 nitrogen and oxygen atoms in total. The van der Waals surface area contributed by atoms with Gasteiger partial charge in [-0.1, -0.05) is 41.9 Å². The predicted octanol–water partition coefficient (Wildman–Crippen LogP) is 2.40. The number of aliphatic hydroxyl groups excluding tert-OH is 3. The van der Waals surface area contributed by atoms with Crippen molar-refractivity contribution in [3.8, 4) is 11.6 Å². The van der Waals surface area contributed by atoms with Crippen molar-refractivity contribution >= 4 is 23.5 Å². The molecule has 0 spiro atoms. The van der Waals surface area contributed by atoms with Gasteiger partial charge >= 0.3 is 11.9 Å². The number of nitrogens with zero attached hydrogens (tertiary/aromatic N) is 1. The molecule has 192 valence electrons. The van der Waals surface area contributed by atoms with E-state index in [1.54, 1.807) is 36.4 Å². The Morgan fingerprint density at radius 2 is 1.64 bits per heavy atom. The first-order chi connectivity index (χ1) is 17.2. The van der Waals surface area contributed by atoms with Gasteiger partial charge in [0.05, 0.1) is 25.0 Å². The molecule has 2 atom stereocenters. The van der Waals surface area contributed by atoms with Crippen LogP contribution in [0.25, 0.3) is 0 Å². The number of halogens is 1. The Labute approximate surface area is 212 Å². The number of hydrogen-bond donors (Lipinski definition) is 6. The summed E-state index contributed by atoms with van der Waals surface area (Å²) in [5.74, 6) is -2.60. The van der Waals surface area contributed by atoms with Crippen LogP contribution in [0.5, 0.6) is 11.6 Å². The number of carbonyl (C=O) groups is 2. The van der Waals surface area contributed by atoms with E-state index in [4.69, 9.17) is 41.2 Å². The van der Waals surface area contributed by atoms with Gasteiger partial charge in [0.1, 0.15) is 5.75 Å². The van der Waals surface area contributed by atoms with Crippen molar-refractivity contribution in [1.82, 2.24) is 10.3 Å². The fraction of sp³-hybridized carbons (Fsp3) is 0.240. The number of benzene rings is 2. The number of nitrogens with one attached hydrogen (secondary N) is 1. The monoisotopic (exact) mass is 518 g/mol. The third-order valence-corrected chi connectivity index (χ3v) is 5.04. The zero-order chi connectivity index (χ0) is 26.5. The van der Waals surface area contributed by atoms with Crippen LogP contribution in [0.1, 0.15) is 22.9 Å². The number of carboxylic acids is 2. The highest BCUT2D eigenvalue weighted by atomic mass is 35.5. The van der Waals surface area contributed by atoms with E-state index in [2.05, 4.69) is 10.3 Å². The average molecular weight is 519 g/mol. The number of hydrogen-bond acceptors (Lipinski definition) is 8. The molecule has 3 rings (SSSR count). The summed E-state index contributed by atoms with van der Waals surface area (Å²) in [5.41, 5.74) is 2.29. The highest BCUT2D eigenvalue weighted by molar-refractivity contribution is 6.30. The topological polar surface area (TPSA) is 169 Å².